The van der Waals surface area contributed by atoms with Crippen LogP contribution in [0.4, 0.5) is 8.78 Å². The quantitative estimate of drug-likeness (QED) is 0.301. The van der Waals surface area contributed by atoms with Gasteiger partial charge in [-0.25, -0.2) is 0 Å². The lowest BCUT2D eigenvalue weighted by Crippen LogP contribution is -2.49. The van der Waals surface area contributed by atoms with E-state index in [1.54, 1.807) is 38.2 Å². The van der Waals surface area contributed by atoms with Gasteiger partial charge in [0.15, 0.2) is 17.5 Å². The normalized spacial score (nSPS) is 15.4. The summed E-state index contributed by atoms with van der Waals surface area (Å²) < 4.78 is 34.7. The zero-order valence-corrected chi connectivity index (χ0v) is 20.2. The number of carbonyl (C=O) groups is 1. The molecular weight excluding hydrogens is 509 g/mol. The van der Waals surface area contributed by atoms with E-state index in [2.05, 4.69) is 20.4 Å². The van der Waals surface area contributed by atoms with E-state index in [4.69, 9.17) is 4.74 Å². The fourth-order valence-corrected chi connectivity index (χ4v) is 3.67. The Balaban J connectivity index is 0.00000450. The fourth-order valence-electron chi connectivity index (χ4n) is 3.67. The molecule has 0 saturated heterocycles. The number of benzene rings is 1. The molecule has 1 aliphatic rings. The summed E-state index contributed by atoms with van der Waals surface area (Å²) in [6.07, 6.45) is 3.76. The van der Waals surface area contributed by atoms with Crippen molar-refractivity contribution in [3.8, 4) is 11.5 Å². The molecule has 0 unspecified atom stereocenters. The Morgan fingerprint density at radius 3 is 2.43 bits per heavy atom. The van der Waals surface area contributed by atoms with Gasteiger partial charge in [-0.1, -0.05) is 18.9 Å². The zero-order chi connectivity index (χ0) is 21.4. The van der Waals surface area contributed by atoms with Crippen molar-refractivity contribution < 1.29 is 23.0 Å². The third-order valence-corrected chi connectivity index (χ3v) is 5.14. The van der Waals surface area contributed by atoms with Crippen LogP contribution in [-0.2, 0) is 11.3 Å². The number of rotatable bonds is 8. The Kier molecular flexibility index (Phi) is 10.6. The van der Waals surface area contributed by atoms with E-state index >= 15 is 0 Å². The minimum Gasteiger partial charge on any atom is -0.493 e. The number of hydrogen-bond acceptors (Lipinski definition) is 4. The molecule has 7 nitrogen and oxygen atoms in total. The second kappa shape index (κ2) is 12.1. The van der Waals surface area contributed by atoms with Crippen molar-refractivity contribution in [2.45, 2.75) is 38.8 Å². The van der Waals surface area contributed by atoms with Crippen molar-refractivity contribution in [1.82, 2.24) is 15.5 Å². The molecule has 2 rings (SSSR count). The maximum absolute atomic E-state index is 12.7. The maximum Gasteiger partial charge on any atom is 0.387 e. The van der Waals surface area contributed by atoms with Crippen molar-refractivity contribution in [2.24, 2.45) is 10.4 Å². The SMILES string of the molecule is CN=C(NCc1ccc(OC)c(OC(F)F)c1)NCC1(C(=O)N(C)C)CCCC1.I. The van der Waals surface area contributed by atoms with Gasteiger partial charge in [0.05, 0.1) is 12.5 Å². The highest BCUT2D eigenvalue weighted by molar-refractivity contribution is 14.0. The van der Waals surface area contributed by atoms with Crippen LogP contribution < -0.4 is 20.1 Å². The van der Waals surface area contributed by atoms with Gasteiger partial charge in [-0.3, -0.25) is 9.79 Å². The number of hydrogen-bond donors (Lipinski definition) is 2. The van der Waals surface area contributed by atoms with Crippen LogP contribution in [0.2, 0.25) is 0 Å². The maximum atomic E-state index is 12.7. The smallest absolute Gasteiger partial charge is 0.387 e. The first-order valence-electron chi connectivity index (χ1n) is 9.59. The summed E-state index contributed by atoms with van der Waals surface area (Å²) in [6, 6.07) is 4.83. The fraction of sp³-hybridized carbons (Fsp3) is 0.600. The summed E-state index contributed by atoms with van der Waals surface area (Å²) in [4.78, 5) is 18.5. The molecule has 0 atom stereocenters. The van der Waals surface area contributed by atoms with Crippen LogP contribution in [0.3, 0.4) is 0 Å². The van der Waals surface area contributed by atoms with Crippen molar-refractivity contribution in [3.05, 3.63) is 23.8 Å². The molecule has 0 bridgehead atoms. The van der Waals surface area contributed by atoms with Gasteiger partial charge in [0.1, 0.15) is 0 Å². The van der Waals surface area contributed by atoms with Crippen LogP contribution in [-0.4, -0.2) is 58.2 Å². The number of methoxy groups -OCH3 is 1. The molecule has 0 radical (unpaired) electrons. The van der Waals surface area contributed by atoms with Gasteiger partial charge < -0.3 is 25.0 Å². The summed E-state index contributed by atoms with van der Waals surface area (Å²) in [6.45, 7) is -2.09. The highest BCUT2D eigenvalue weighted by Crippen LogP contribution is 2.38. The Bertz CT molecular complexity index is 726. The first kappa shape index (κ1) is 26.2. The zero-order valence-electron chi connectivity index (χ0n) is 17.8. The molecule has 1 aliphatic carbocycles. The Morgan fingerprint density at radius 2 is 1.90 bits per heavy atom. The molecule has 170 valence electrons. The summed E-state index contributed by atoms with van der Waals surface area (Å²) in [7, 11) is 6.59. The number of alkyl halides is 2. The number of amides is 1. The largest absolute Gasteiger partial charge is 0.493 e. The van der Waals surface area contributed by atoms with E-state index in [0.717, 1.165) is 31.2 Å². The summed E-state index contributed by atoms with van der Waals surface area (Å²) in [5, 5.41) is 6.39. The molecule has 1 saturated carbocycles. The number of ether oxygens (including phenoxy) is 2. The topological polar surface area (TPSA) is 75.2 Å². The predicted octanol–water partition coefficient (Wildman–Crippen LogP) is 3.23. The average molecular weight is 540 g/mol. The third-order valence-electron chi connectivity index (χ3n) is 5.14. The Hall–Kier alpha value is -1.85. The van der Waals surface area contributed by atoms with E-state index < -0.39 is 12.0 Å². The van der Waals surface area contributed by atoms with Crippen LogP contribution in [0.1, 0.15) is 31.2 Å². The van der Waals surface area contributed by atoms with Crippen molar-refractivity contribution in [3.63, 3.8) is 0 Å². The van der Waals surface area contributed by atoms with Crippen molar-refractivity contribution in [2.75, 3.05) is 34.8 Å². The van der Waals surface area contributed by atoms with Crippen LogP contribution >= 0.6 is 24.0 Å². The lowest BCUT2D eigenvalue weighted by Gasteiger charge is -2.31. The van der Waals surface area contributed by atoms with E-state index in [9.17, 15) is 13.6 Å². The number of carbonyl (C=O) groups excluding carboxylic acids is 1. The lowest BCUT2D eigenvalue weighted by atomic mass is 9.84. The van der Waals surface area contributed by atoms with Gasteiger partial charge in [-0.2, -0.15) is 8.78 Å². The average Bonchev–Trinajstić information content (AvgIpc) is 3.17. The second-order valence-corrected chi connectivity index (χ2v) is 7.33. The molecule has 1 aromatic carbocycles. The molecule has 1 amide bonds. The molecule has 2 N–H and O–H groups in total. The van der Waals surface area contributed by atoms with Crippen molar-refractivity contribution >= 4 is 35.8 Å². The van der Waals surface area contributed by atoms with E-state index in [1.807, 2.05) is 0 Å². The van der Waals surface area contributed by atoms with Crippen LogP contribution in [0, 0.1) is 5.41 Å². The van der Waals surface area contributed by atoms with Gasteiger partial charge in [0.2, 0.25) is 5.91 Å². The molecule has 0 aromatic heterocycles. The van der Waals surface area contributed by atoms with Crippen LogP contribution in [0.25, 0.3) is 0 Å². The van der Waals surface area contributed by atoms with Gasteiger partial charge >= 0.3 is 6.61 Å². The number of nitrogens with zero attached hydrogens (tertiary/aromatic N) is 2. The monoisotopic (exact) mass is 540 g/mol. The molecule has 1 aromatic rings. The van der Waals surface area contributed by atoms with Crippen LogP contribution in [0.15, 0.2) is 23.2 Å². The van der Waals surface area contributed by atoms with E-state index in [1.165, 1.54) is 13.2 Å². The second-order valence-electron chi connectivity index (χ2n) is 7.33. The Labute approximate surface area is 193 Å². The van der Waals surface area contributed by atoms with Gasteiger partial charge in [0, 0.05) is 34.2 Å². The predicted molar refractivity (Wildman–Crippen MR) is 123 cm³/mol. The summed E-state index contributed by atoms with van der Waals surface area (Å²) in [5.74, 6) is 0.880. The highest BCUT2D eigenvalue weighted by atomic mass is 127. The van der Waals surface area contributed by atoms with Gasteiger partial charge in [0.25, 0.3) is 0 Å². The number of nitrogens with one attached hydrogen (secondary N) is 2. The number of halogens is 3. The molecule has 1 fully saturated rings. The molecule has 0 aliphatic heterocycles. The van der Waals surface area contributed by atoms with Crippen molar-refractivity contribution in [1.29, 1.82) is 0 Å². The molecule has 0 spiro atoms. The van der Waals surface area contributed by atoms with Gasteiger partial charge in [-0.15, -0.1) is 24.0 Å². The lowest BCUT2D eigenvalue weighted by molar-refractivity contribution is -0.138. The van der Waals surface area contributed by atoms with Crippen LogP contribution in [0.5, 0.6) is 11.5 Å². The first-order chi connectivity index (χ1) is 13.8. The minimum absolute atomic E-state index is 0. The molecule has 10 heteroatoms. The van der Waals surface area contributed by atoms with E-state index in [-0.39, 0.29) is 41.4 Å². The Morgan fingerprint density at radius 1 is 1.23 bits per heavy atom. The molecule has 0 heterocycles. The number of aliphatic imine (C=N–C) groups is 1. The number of guanidine groups is 1. The molecular formula is C20H31F2IN4O3. The van der Waals surface area contributed by atoms with Gasteiger partial charge in [-0.05, 0) is 30.5 Å². The third kappa shape index (κ3) is 6.85. The van der Waals surface area contributed by atoms with E-state index in [0.29, 0.717) is 19.0 Å². The standard InChI is InChI=1S/C20H30F2N4O3.HI/c1-23-19(25-13-20(9-5-6-10-20)17(27)26(2)3)24-12-14-7-8-15(28-4)16(11-14)29-18(21)22;/h7-8,11,18H,5-6,9-10,12-13H2,1-4H3,(H2,23,24,25);1H. The minimum atomic E-state index is -2.93. The summed E-state index contributed by atoms with van der Waals surface area (Å²) >= 11 is 0. The first-order valence-corrected chi connectivity index (χ1v) is 9.59. The summed E-state index contributed by atoms with van der Waals surface area (Å²) in [5.41, 5.74) is 0.309. The molecule has 30 heavy (non-hydrogen) atoms. The highest BCUT2D eigenvalue weighted by Gasteiger charge is 2.42.